The molecule has 4 atom stereocenters. The average Bonchev–Trinajstić information content (AvgIpc) is 2.69. The van der Waals surface area contributed by atoms with Gasteiger partial charge >= 0.3 is 5.97 Å². The molecule has 3 N–H and O–H groups in total. The predicted molar refractivity (Wildman–Crippen MR) is 111 cm³/mol. The zero-order valence-electron chi connectivity index (χ0n) is 16.2. The van der Waals surface area contributed by atoms with Gasteiger partial charge in [-0.1, -0.05) is 29.8 Å². The molecule has 1 heterocycles. The van der Waals surface area contributed by atoms with Crippen molar-refractivity contribution in [3.8, 4) is 5.75 Å². The number of fused-ring (bicyclic) bond motifs is 1. The van der Waals surface area contributed by atoms with E-state index in [0.717, 1.165) is 12.1 Å². The number of phenols is 1. The van der Waals surface area contributed by atoms with Crippen LogP contribution >= 0.6 is 11.6 Å². The van der Waals surface area contributed by atoms with Crippen LogP contribution in [-0.4, -0.2) is 56.7 Å². The molecule has 1 unspecified atom stereocenters. The lowest BCUT2D eigenvalue weighted by atomic mass is 10.0. The molecule has 164 valence electrons. The van der Waals surface area contributed by atoms with Crippen molar-refractivity contribution >= 4 is 46.0 Å². The first-order valence-corrected chi connectivity index (χ1v) is 10.4. The number of aromatic hydroxyl groups is 1. The summed E-state index contributed by atoms with van der Waals surface area (Å²) in [5, 5.41) is 30.3. The molecule has 0 saturated carbocycles. The van der Waals surface area contributed by atoms with E-state index >= 15 is 0 Å². The van der Waals surface area contributed by atoms with E-state index in [4.69, 9.17) is 16.3 Å². The van der Waals surface area contributed by atoms with E-state index in [1.807, 2.05) is 0 Å². The number of hydrogen-bond acceptors (Lipinski definition) is 9. The quantitative estimate of drug-likeness (QED) is 0.389. The van der Waals surface area contributed by atoms with Gasteiger partial charge in [0.15, 0.2) is 16.7 Å². The third-order valence-corrected chi connectivity index (χ3v) is 5.27. The normalized spacial score (nSPS) is 26.4. The second kappa shape index (κ2) is 10.7. The van der Waals surface area contributed by atoms with E-state index in [1.54, 1.807) is 6.92 Å². The predicted octanol–water partition coefficient (Wildman–Crippen LogP) is 2.10. The van der Waals surface area contributed by atoms with Gasteiger partial charge in [-0.25, -0.2) is 9.00 Å². The Kier molecular flexibility index (Phi) is 8.56. The smallest absolute Gasteiger partial charge is 0.342 e. The van der Waals surface area contributed by atoms with Crippen LogP contribution in [0.25, 0.3) is 6.08 Å². The molecule has 0 bridgehead atoms. The van der Waals surface area contributed by atoms with Gasteiger partial charge in [-0.05, 0) is 19.4 Å². The minimum atomic E-state index is -2.45. The zero-order valence-corrected chi connectivity index (χ0v) is 17.8. The molecule has 1 aromatic carbocycles. The van der Waals surface area contributed by atoms with Crippen molar-refractivity contribution < 1.29 is 38.0 Å². The van der Waals surface area contributed by atoms with Crippen LogP contribution in [0.15, 0.2) is 28.7 Å². The monoisotopic (exact) mass is 459 g/mol. The van der Waals surface area contributed by atoms with Gasteiger partial charge in [0.1, 0.15) is 23.5 Å². The molecule has 1 aliphatic heterocycles. The number of cyclic esters (lactones) is 1. The lowest BCUT2D eigenvalue weighted by molar-refractivity contribution is -0.127. The maximum atomic E-state index is 12.7. The van der Waals surface area contributed by atoms with Crippen LogP contribution in [-0.2, 0) is 24.6 Å². The lowest BCUT2D eigenvalue weighted by Gasteiger charge is -2.17. The van der Waals surface area contributed by atoms with Crippen molar-refractivity contribution in [2.45, 2.75) is 38.1 Å². The molecule has 30 heavy (non-hydrogen) atoms. The van der Waals surface area contributed by atoms with Crippen molar-refractivity contribution in [2.24, 2.45) is 4.36 Å². The van der Waals surface area contributed by atoms with Crippen LogP contribution in [0.2, 0.25) is 5.02 Å². The molecule has 2 rings (SSSR count). The number of ether oxygens (including phenoxy) is 1. The Labute approximate surface area is 180 Å². The fraction of sp³-hybridized carbons (Fsp3) is 0.368. The van der Waals surface area contributed by atoms with Gasteiger partial charge in [0.05, 0.1) is 23.9 Å². The van der Waals surface area contributed by atoms with Crippen molar-refractivity contribution in [3.05, 3.63) is 40.4 Å². The second-order valence-corrected chi connectivity index (χ2v) is 7.86. The number of halogens is 1. The summed E-state index contributed by atoms with van der Waals surface area (Å²) in [5.74, 6) is -2.07. The minimum Gasteiger partial charge on any atom is -0.507 e. The number of rotatable bonds is 2. The molecule has 0 aliphatic carbocycles. The topological polar surface area (TPSA) is 143 Å². The number of hydrogen-bond donors (Lipinski definition) is 4. The molecule has 9 nitrogen and oxygen atoms in total. The number of aliphatic hydroxyl groups excluding tert-OH is 2. The van der Waals surface area contributed by atoms with Crippen molar-refractivity contribution in [1.29, 1.82) is 0 Å². The van der Waals surface area contributed by atoms with Gasteiger partial charge in [-0.15, -0.1) is 0 Å². The molecule has 11 heteroatoms. The van der Waals surface area contributed by atoms with Crippen LogP contribution < -0.4 is 0 Å². The largest absolute Gasteiger partial charge is 0.507 e. The first-order valence-electron chi connectivity index (χ1n) is 8.88. The summed E-state index contributed by atoms with van der Waals surface area (Å²) in [6.07, 6.45) is 1.48. The molecule has 0 saturated heterocycles. The van der Waals surface area contributed by atoms with Gasteiger partial charge in [0.25, 0.3) is 0 Å². The van der Waals surface area contributed by atoms with E-state index in [2.05, 4.69) is 8.55 Å². The van der Waals surface area contributed by atoms with Crippen molar-refractivity contribution in [3.63, 3.8) is 0 Å². The van der Waals surface area contributed by atoms with Gasteiger partial charge < -0.3 is 20.1 Å². The summed E-state index contributed by atoms with van der Waals surface area (Å²) in [4.78, 5) is 24.6. The third-order valence-electron chi connectivity index (χ3n) is 4.19. The Bertz CT molecular complexity index is 968. The number of thiol groups is 1. The number of esters is 1. The fourth-order valence-corrected chi connectivity index (χ4v) is 3.36. The van der Waals surface area contributed by atoms with Gasteiger partial charge in [-0.2, -0.15) is 4.36 Å². The highest BCUT2D eigenvalue weighted by Gasteiger charge is 2.25. The number of ketones is 1. The molecule has 0 fully saturated rings. The van der Waals surface area contributed by atoms with E-state index in [9.17, 15) is 29.1 Å². The zero-order chi connectivity index (χ0) is 22.4. The number of benzene rings is 1. The third kappa shape index (κ3) is 5.89. The summed E-state index contributed by atoms with van der Waals surface area (Å²) >= 11 is 6.32. The van der Waals surface area contributed by atoms with Crippen LogP contribution in [0.1, 0.15) is 35.7 Å². The molecule has 0 radical (unpaired) electrons. The molecule has 1 aliphatic rings. The highest BCUT2D eigenvalue weighted by atomic mass is 35.5. The van der Waals surface area contributed by atoms with Crippen LogP contribution in [0.5, 0.6) is 5.75 Å². The highest BCUT2D eigenvalue weighted by molar-refractivity contribution is 7.69. The van der Waals surface area contributed by atoms with Crippen molar-refractivity contribution in [1.82, 2.24) is 0 Å². The summed E-state index contributed by atoms with van der Waals surface area (Å²) in [6.45, 7) is 1.57. The van der Waals surface area contributed by atoms with Crippen LogP contribution in [0.3, 0.4) is 0 Å². The minimum absolute atomic E-state index is 0.00716. The first kappa shape index (κ1) is 24.0. The van der Waals surface area contributed by atoms with E-state index < -0.39 is 46.7 Å². The summed E-state index contributed by atoms with van der Waals surface area (Å²) < 4.78 is 25.3. The summed E-state index contributed by atoms with van der Waals surface area (Å²) in [6, 6.07) is 1.06. The molecular formula is C19H22ClNO8S. The Morgan fingerprint density at radius 3 is 2.57 bits per heavy atom. The summed E-state index contributed by atoms with van der Waals surface area (Å²) in [7, 11) is -1.27. The molecule has 0 amide bonds. The number of carbonyl (C=O) groups excluding carboxylic acids is 2. The average molecular weight is 460 g/mol. The van der Waals surface area contributed by atoms with Gasteiger partial charge in [0.2, 0.25) is 0 Å². The maximum absolute atomic E-state index is 12.7. The number of phenolic OH excluding ortho intramolecular Hbond substituents is 1. The Hall–Kier alpha value is -2.24. The highest BCUT2D eigenvalue weighted by Crippen LogP contribution is 2.39. The molecule has 0 spiro atoms. The van der Waals surface area contributed by atoms with Crippen LogP contribution in [0, 0.1) is 0 Å². The SMILES string of the molecule is CO[SH](=O)=Nc1cc(O)c2c(c1Cl)/C=C/C[C@H](O)[C@H](O)C(=O)/C=C\C[C@H](C)OC2=O. The Balaban J connectivity index is 2.61. The standard InChI is InChI=1S/C19H22ClNO8S/c1-10-5-3-7-13(22)18(25)14(23)8-4-6-11-16(19(26)29-10)15(24)9-12(17(11)20)21-30(27)28-2/h3-4,6-7,9-10,14,18,23-25,30H,5,8H2,1-2H3/b6-4+,7-3-/t10-,14-,18+/m0/s1. The fourth-order valence-electron chi connectivity index (χ4n) is 2.63. The van der Waals surface area contributed by atoms with E-state index in [1.165, 1.54) is 25.3 Å². The summed E-state index contributed by atoms with van der Waals surface area (Å²) in [5.41, 5.74) is -0.323. The first-order chi connectivity index (χ1) is 14.1. The maximum Gasteiger partial charge on any atom is 0.342 e. The number of aliphatic hydroxyl groups is 2. The van der Waals surface area contributed by atoms with E-state index in [-0.39, 0.29) is 34.7 Å². The Morgan fingerprint density at radius 2 is 1.90 bits per heavy atom. The van der Waals surface area contributed by atoms with Gasteiger partial charge in [-0.3, -0.25) is 8.98 Å². The van der Waals surface area contributed by atoms with Crippen LogP contribution in [0.4, 0.5) is 5.69 Å². The molecule has 0 aromatic heterocycles. The molecule has 1 aromatic rings. The number of nitrogens with zero attached hydrogens (tertiary/aromatic N) is 1. The van der Waals surface area contributed by atoms with E-state index in [0.29, 0.717) is 0 Å². The Morgan fingerprint density at radius 1 is 1.23 bits per heavy atom. The van der Waals surface area contributed by atoms with Crippen molar-refractivity contribution in [2.75, 3.05) is 7.11 Å². The number of carbonyl (C=O) groups is 2. The second-order valence-electron chi connectivity index (χ2n) is 6.44. The molecular weight excluding hydrogens is 438 g/mol. The lowest BCUT2D eigenvalue weighted by Crippen LogP contribution is -2.32. The van der Waals surface area contributed by atoms with Gasteiger partial charge in [0, 0.05) is 18.1 Å².